The number of carbonyl (C=O) groups is 1. The summed E-state index contributed by atoms with van der Waals surface area (Å²) in [5.41, 5.74) is 3.12. The highest BCUT2D eigenvalue weighted by molar-refractivity contribution is 7.92. The number of benzene rings is 2. The molecular weight excluding hydrogens is 410 g/mol. The second-order valence-corrected chi connectivity index (χ2v) is 8.56. The molecule has 0 bridgehead atoms. The van der Waals surface area contributed by atoms with Crippen molar-refractivity contribution >= 4 is 33.2 Å². The van der Waals surface area contributed by atoms with Gasteiger partial charge in [0.2, 0.25) is 0 Å². The van der Waals surface area contributed by atoms with Crippen LogP contribution in [0.1, 0.15) is 27.2 Å². The van der Waals surface area contributed by atoms with Crippen molar-refractivity contribution in [3.05, 3.63) is 88.2 Å². The molecule has 1 amide bonds. The molecule has 0 radical (unpaired) electrons. The van der Waals surface area contributed by atoms with Gasteiger partial charge < -0.3 is 5.32 Å². The fourth-order valence-corrected chi connectivity index (χ4v) is 4.34. The largest absolute Gasteiger partial charge is 0.346 e. The third-order valence-corrected chi connectivity index (χ3v) is 6.34. The summed E-state index contributed by atoms with van der Waals surface area (Å²) in [6, 6.07) is 14.9. The molecule has 2 aromatic carbocycles. The van der Waals surface area contributed by atoms with Gasteiger partial charge in [0, 0.05) is 11.8 Å². The molecule has 1 aromatic heterocycles. The van der Waals surface area contributed by atoms with Gasteiger partial charge in [0.05, 0.1) is 22.9 Å². The van der Waals surface area contributed by atoms with Gasteiger partial charge in [-0.05, 0) is 61.4 Å². The van der Waals surface area contributed by atoms with Gasteiger partial charge >= 0.3 is 0 Å². The van der Waals surface area contributed by atoms with Gasteiger partial charge in [-0.2, -0.15) is 0 Å². The maximum atomic E-state index is 12.9. The van der Waals surface area contributed by atoms with Crippen LogP contribution < -0.4 is 10.0 Å². The lowest BCUT2D eigenvalue weighted by atomic mass is 10.1. The SMILES string of the molecule is Cc1cccc(NS(=O)(=O)c2cc(C(=O)NCc3ccccn3)ccc2Cl)c1C. The molecule has 3 rings (SSSR count). The highest BCUT2D eigenvalue weighted by atomic mass is 35.5. The minimum atomic E-state index is -3.98. The molecule has 1 heterocycles. The summed E-state index contributed by atoms with van der Waals surface area (Å²) in [6.45, 7) is 3.95. The Morgan fingerprint density at radius 1 is 1.07 bits per heavy atom. The summed E-state index contributed by atoms with van der Waals surface area (Å²) in [4.78, 5) is 16.4. The van der Waals surface area contributed by atoms with E-state index in [1.54, 1.807) is 30.5 Å². The number of nitrogens with one attached hydrogen (secondary N) is 2. The zero-order valence-corrected chi connectivity index (χ0v) is 17.5. The van der Waals surface area contributed by atoms with Crippen molar-refractivity contribution < 1.29 is 13.2 Å². The van der Waals surface area contributed by atoms with Crippen LogP contribution in [0.5, 0.6) is 0 Å². The summed E-state index contributed by atoms with van der Waals surface area (Å²) in [7, 11) is -3.98. The monoisotopic (exact) mass is 429 g/mol. The zero-order chi connectivity index (χ0) is 21.0. The molecular formula is C21H20ClN3O3S. The van der Waals surface area contributed by atoms with E-state index >= 15 is 0 Å². The summed E-state index contributed by atoms with van der Waals surface area (Å²) >= 11 is 6.13. The summed E-state index contributed by atoms with van der Waals surface area (Å²) < 4.78 is 28.4. The molecule has 0 atom stereocenters. The van der Waals surface area contributed by atoms with Gasteiger partial charge in [0.25, 0.3) is 15.9 Å². The van der Waals surface area contributed by atoms with Crippen LogP contribution in [0.3, 0.4) is 0 Å². The number of amides is 1. The number of hydrogen-bond acceptors (Lipinski definition) is 4. The molecule has 3 aromatic rings. The molecule has 6 nitrogen and oxygen atoms in total. The fourth-order valence-electron chi connectivity index (χ4n) is 2.69. The number of carbonyl (C=O) groups excluding carboxylic acids is 1. The topological polar surface area (TPSA) is 88.2 Å². The number of pyridine rings is 1. The molecule has 0 spiro atoms. The lowest BCUT2D eigenvalue weighted by Gasteiger charge is -2.14. The number of aryl methyl sites for hydroxylation is 1. The molecule has 2 N–H and O–H groups in total. The number of rotatable bonds is 6. The molecule has 0 fully saturated rings. The molecule has 150 valence electrons. The van der Waals surface area contributed by atoms with Crippen molar-refractivity contribution in [3.8, 4) is 0 Å². The first-order chi connectivity index (χ1) is 13.8. The van der Waals surface area contributed by atoms with Gasteiger partial charge in [-0.1, -0.05) is 29.8 Å². The van der Waals surface area contributed by atoms with E-state index in [1.807, 2.05) is 26.0 Å². The van der Waals surface area contributed by atoms with Gasteiger partial charge in [-0.3, -0.25) is 14.5 Å². The van der Waals surface area contributed by atoms with Crippen LogP contribution in [0.15, 0.2) is 65.7 Å². The Hall–Kier alpha value is -2.90. The van der Waals surface area contributed by atoms with E-state index in [2.05, 4.69) is 15.0 Å². The number of halogens is 1. The van der Waals surface area contributed by atoms with E-state index in [0.29, 0.717) is 11.4 Å². The standard InChI is InChI=1S/C21H20ClN3O3S/c1-14-6-5-8-19(15(14)2)25-29(27,28)20-12-16(9-10-18(20)22)21(26)24-13-17-7-3-4-11-23-17/h3-12,25H,13H2,1-2H3,(H,24,26). The predicted octanol–water partition coefficient (Wildman–Crippen LogP) is 4.08. The van der Waals surface area contributed by atoms with E-state index in [1.165, 1.54) is 18.2 Å². The maximum Gasteiger partial charge on any atom is 0.263 e. The third kappa shape index (κ3) is 4.93. The minimum absolute atomic E-state index is 0.0316. The van der Waals surface area contributed by atoms with E-state index in [4.69, 9.17) is 11.6 Å². The Morgan fingerprint density at radius 2 is 1.86 bits per heavy atom. The van der Waals surface area contributed by atoms with Gasteiger partial charge in [0.15, 0.2) is 0 Å². The summed E-state index contributed by atoms with van der Waals surface area (Å²) in [5.74, 6) is -0.421. The van der Waals surface area contributed by atoms with Crippen LogP contribution >= 0.6 is 11.6 Å². The van der Waals surface area contributed by atoms with Crippen molar-refractivity contribution in [2.75, 3.05) is 4.72 Å². The smallest absolute Gasteiger partial charge is 0.263 e. The molecule has 0 aliphatic rings. The number of anilines is 1. The predicted molar refractivity (Wildman–Crippen MR) is 114 cm³/mol. The number of aromatic nitrogens is 1. The maximum absolute atomic E-state index is 12.9. The second-order valence-electron chi connectivity index (χ2n) is 6.50. The normalized spacial score (nSPS) is 11.1. The van der Waals surface area contributed by atoms with Gasteiger partial charge in [-0.15, -0.1) is 0 Å². The van der Waals surface area contributed by atoms with Crippen LogP contribution in [0.4, 0.5) is 5.69 Å². The quantitative estimate of drug-likeness (QED) is 0.617. The molecule has 0 aliphatic heterocycles. The van der Waals surface area contributed by atoms with Crippen molar-refractivity contribution in [3.63, 3.8) is 0 Å². The van der Waals surface area contributed by atoms with Crippen LogP contribution in [0.25, 0.3) is 0 Å². The lowest BCUT2D eigenvalue weighted by Crippen LogP contribution is -2.24. The molecule has 0 aliphatic carbocycles. The average molecular weight is 430 g/mol. The van der Waals surface area contributed by atoms with Crippen LogP contribution in [-0.2, 0) is 16.6 Å². The second kappa shape index (κ2) is 8.63. The van der Waals surface area contributed by atoms with E-state index < -0.39 is 15.9 Å². The Balaban J connectivity index is 1.84. The highest BCUT2D eigenvalue weighted by Crippen LogP contribution is 2.27. The van der Waals surface area contributed by atoms with Crippen LogP contribution in [0.2, 0.25) is 5.02 Å². The van der Waals surface area contributed by atoms with Crippen LogP contribution in [0, 0.1) is 13.8 Å². The van der Waals surface area contributed by atoms with Crippen molar-refractivity contribution in [1.29, 1.82) is 0 Å². The summed E-state index contributed by atoms with van der Waals surface area (Å²) in [5, 5.41) is 2.75. The first kappa shape index (κ1) is 20.8. The molecule has 0 unspecified atom stereocenters. The van der Waals surface area contributed by atoms with Crippen molar-refractivity contribution in [1.82, 2.24) is 10.3 Å². The summed E-state index contributed by atoms with van der Waals surface area (Å²) in [6.07, 6.45) is 1.63. The van der Waals surface area contributed by atoms with E-state index in [-0.39, 0.29) is 22.0 Å². The van der Waals surface area contributed by atoms with Crippen molar-refractivity contribution in [2.24, 2.45) is 0 Å². The fraction of sp³-hybridized carbons (Fsp3) is 0.143. The average Bonchev–Trinajstić information content (AvgIpc) is 2.70. The Bertz CT molecular complexity index is 1150. The molecule has 0 saturated carbocycles. The molecule has 29 heavy (non-hydrogen) atoms. The third-order valence-electron chi connectivity index (χ3n) is 4.49. The Morgan fingerprint density at radius 3 is 2.59 bits per heavy atom. The van der Waals surface area contributed by atoms with E-state index in [0.717, 1.165) is 11.1 Å². The minimum Gasteiger partial charge on any atom is -0.346 e. The number of hydrogen-bond donors (Lipinski definition) is 2. The first-order valence-corrected chi connectivity index (χ1v) is 10.7. The van der Waals surface area contributed by atoms with E-state index in [9.17, 15) is 13.2 Å². The Kier molecular flexibility index (Phi) is 6.20. The molecule has 0 saturated heterocycles. The first-order valence-electron chi connectivity index (χ1n) is 8.84. The van der Waals surface area contributed by atoms with Gasteiger partial charge in [-0.25, -0.2) is 8.42 Å². The highest BCUT2D eigenvalue weighted by Gasteiger charge is 2.21. The molecule has 8 heteroatoms. The van der Waals surface area contributed by atoms with Crippen LogP contribution in [-0.4, -0.2) is 19.3 Å². The lowest BCUT2D eigenvalue weighted by molar-refractivity contribution is 0.0950. The number of nitrogens with zero attached hydrogens (tertiary/aromatic N) is 1. The zero-order valence-electron chi connectivity index (χ0n) is 15.9. The Labute approximate surface area is 175 Å². The van der Waals surface area contributed by atoms with Gasteiger partial charge in [0.1, 0.15) is 4.90 Å². The van der Waals surface area contributed by atoms with Crippen molar-refractivity contribution in [2.45, 2.75) is 25.3 Å². The number of sulfonamides is 1.